The molecule has 1 N–H and O–H groups in total. The summed E-state index contributed by atoms with van der Waals surface area (Å²) in [4.78, 5) is 11.5. The number of esters is 1. The van der Waals surface area contributed by atoms with Crippen LogP contribution in [0, 0.1) is 5.92 Å². The average Bonchev–Trinajstić information content (AvgIpc) is 2.35. The van der Waals surface area contributed by atoms with Crippen molar-refractivity contribution in [2.24, 2.45) is 5.92 Å². The summed E-state index contributed by atoms with van der Waals surface area (Å²) in [7, 11) is 0. The van der Waals surface area contributed by atoms with Crippen LogP contribution < -0.4 is 0 Å². The molecular weight excluding hydrogens is 228 g/mol. The number of aliphatic hydroxyl groups is 1. The first-order valence-electron chi connectivity index (χ1n) is 6.45. The lowest BCUT2D eigenvalue weighted by molar-refractivity contribution is -0.147. The highest BCUT2D eigenvalue weighted by Gasteiger charge is 2.12. The molecule has 0 saturated heterocycles. The van der Waals surface area contributed by atoms with Gasteiger partial charge in [-0.3, -0.25) is 4.79 Å². The van der Waals surface area contributed by atoms with Gasteiger partial charge in [0.05, 0.1) is 12.5 Å². The Balaban J connectivity index is 2.21. The highest BCUT2D eigenvalue weighted by atomic mass is 16.5. The summed E-state index contributed by atoms with van der Waals surface area (Å²) in [6.45, 7) is 4.47. The zero-order chi connectivity index (χ0) is 13.4. The number of rotatable bonds is 7. The zero-order valence-corrected chi connectivity index (χ0v) is 11.1. The molecule has 1 atom stereocenters. The molecule has 0 saturated carbocycles. The molecule has 3 heteroatoms. The van der Waals surface area contributed by atoms with Gasteiger partial charge in [-0.05, 0) is 24.3 Å². The summed E-state index contributed by atoms with van der Waals surface area (Å²) in [5.41, 5.74) is 0.961. The SMILES string of the molecule is CC(C)CCC(O)CC(=O)OCc1ccccc1. The van der Waals surface area contributed by atoms with Gasteiger partial charge in [0.25, 0.3) is 0 Å². The van der Waals surface area contributed by atoms with E-state index in [9.17, 15) is 9.90 Å². The molecule has 18 heavy (non-hydrogen) atoms. The minimum Gasteiger partial charge on any atom is -0.461 e. The number of carbonyl (C=O) groups is 1. The molecule has 0 aliphatic heterocycles. The molecule has 3 nitrogen and oxygen atoms in total. The van der Waals surface area contributed by atoms with E-state index >= 15 is 0 Å². The van der Waals surface area contributed by atoms with E-state index in [1.807, 2.05) is 30.3 Å². The van der Waals surface area contributed by atoms with Crippen LogP contribution in [0.4, 0.5) is 0 Å². The summed E-state index contributed by atoms with van der Waals surface area (Å²) in [5.74, 6) is 0.204. The fourth-order valence-electron chi connectivity index (χ4n) is 1.62. The molecule has 0 bridgehead atoms. The zero-order valence-electron chi connectivity index (χ0n) is 11.1. The molecule has 1 rings (SSSR count). The van der Waals surface area contributed by atoms with E-state index in [1.54, 1.807) is 0 Å². The second kappa shape index (κ2) is 7.88. The predicted molar refractivity (Wildman–Crippen MR) is 70.9 cm³/mol. The molecule has 1 aromatic rings. The van der Waals surface area contributed by atoms with E-state index in [0.717, 1.165) is 12.0 Å². The highest BCUT2D eigenvalue weighted by Crippen LogP contribution is 2.10. The second-order valence-electron chi connectivity index (χ2n) is 4.98. The first-order valence-corrected chi connectivity index (χ1v) is 6.45. The van der Waals surface area contributed by atoms with E-state index < -0.39 is 6.10 Å². The van der Waals surface area contributed by atoms with Crippen LogP contribution in [0.1, 0.15) is 38.7 Å². The quantitative estimate of drug-likeness (QED) is 0.757. The number of hydrogen-bond donors (Lipinski definition) is 1. The van der Waals surface area contributed by atoms with Gasteiger partial charge >= 0.3 is 5.97 Å². The molecule has 0 amide bonds. The molecule has 0 heterocycles. The molecule has 1 aromatic carbocycles. The Morgan fingerprint density at radius 1 is 1.22 bits per heavy atom. The first kappa shape index (κ1) is 14.7. The fraction of sp³-hybridized carbons (Fsp3) is 0.533. The van der Waals surface area contributed by atoms with Crippen LogP contribution >= 0.6 is 0 Å². The maximum absolute atomic E-state index is 11.5. The van der Waals surface area contributed by atoms with Crippen LogP contribution in [0.3, 0.4) is 0 Å². The Hall–Kier alpha value is -1.35. The van der Waals surface area contributed by atoms with Crippen molar-refractivity contribution < 1.29 is 14.6 Å². The third kappa shape index (κ3) is 6.40. The fourth-order valence-corrected chi connectivity index (χ4v) is 1.62. The van der Waals surface area contributed by atoms with Gasteiger partial charge in [0.2, 0.25) is 0 Å². The van der Waals surface area contributed by atoms with Crippen LogP contribution in [0.25, 0.3) is 0 Å². The minimum absolute atomic E-state index is 0.0829. The summed E-state index contributed by atoms with van der Waals surface area (Å²) in [5, 5.41) is 9.66. The van der Waals surface area contributed by atoms with Crippen LogP contribution in [0.5, 0.6) is 0 Å². The van der Waals surface area contributed by atoms with E-state index in [4.69, 9.17) is 4.74 Å². The lowest BCUT2D eigenvalue weighted by atomic mass is 10.0. The van der Waals surface area contributed by atoms with Gasteiger partial charge in [-0.15, -0.1) is 0 Å². The van der Waals surface area contributed by atoms with Crippen LogP contribution in [0.15, 0.2) is 30.3 Å². The van der Waals surface area contributed by atoms with Crippen molar-refractivity contribution in [1.29, 1.82) is 0 Å². The van der Waals surface area contributed by atoms with Crippen molar-refractivity contribution in [3.8, 4) is 0 Å². The highest BCUT2D eigenvalue weighted by molar-refractivity contribution is 5.69. The maximum atomic E-state index is 11.5. The Morgan fingerprint density at radius 3 is 2.50 bits per heavy atom. The number of carbonyl (C=O) groups excluding carboxylic acids is 1. The minimum atomic E-state index is -0.587. The predicted octanol–water partition coefficient (Wildman–Crippen LogP) is 2.92. The summed E-state index contributed by atoms with van der Waals surface area (Å²) >= 11 is 0. The van der Waals surface area contributed by atoms with Crippen LogP contribution in [0.2, 0.25) is 0 Å². The molecule has 0 aliphatic carbocycles. The Bertz CT molecular complexity index is 346. The largest absolute Gasteiger partial charge is 0.461 e. The van der Waals surface area contributed by atoms with Gasteiger partial charge in [-0.2, -0.15) is 0 Å². The van der Waals surface area contributed by atoms with Gasteiger partial charge < -0.3 is 9.84 Å². The van der Waals surface area contributed by atoms with Gasteiger partial charge in [-0.25, -0.2) is 0 Å². The number of benzene rings is 1. The van der Waals surface area contributed by atoms with Crippen molar-refractivity contribution in [2.45, 2.75) is 45.8 Å². The number of hydrogen-bond acceptors (Lipinski definition) is 3. The standard InChI is InChI=1S/C15H22O3/c1-12(2)8-9-14(16)10-15(17)18-11-13-6-4-3-5-7-13/h3-7,12,14,16H,8-11H2,1-2H3. The van der Waals surface area contributed by atoms with Gasteiger partial charge in [0, 0.05) is 0 Å². The monoisotopic (exact) mass is 250 g/mol. The molecule has 0 aromatic heterocycles. The lowest BCUT2D eigenvalue weighted by Crippen LogP contribution is -2.16. The van der Waals surface area contributed by atoms with Crippen molar-refractivity contribution in [3.63, 3.8) is 0 Å². The topological polar surface area (TPSA) is 46.5 Å². The lowest BCUT2D eigenvalue weighted by Gasteiger charge is -2.11. The van der Waals surface area contributed by atoms with E-state index in [-0.39, 0.29) is 19.0 Å². The molecule has 0 aliphatic rings. The van der Waals surface area contributed by atoms with Crippen LogP contribution in [-0.2, 0) is 16.1 Å². The smallest absolute Gasteiger partial charge is 0.308 e. The summed E-state index contributed by atoms with van der Waals surface area (Å²) < 4.78 is 5.11. The third-order valence-electron chi connectivity index (χ3n) is 2.72. The molecule has 1 unspecified atom stereocenters. The molecule has 0 radical (unpaired) electrons. The van der Waals surface area contributed by atoms with E-state index in [0.29, 0.717) is 12.3 Å². The third-order valence-corrected chi connectivity index (χ3v) is 2.72. The molecule has 0 fully saturated rings. The Kier molecular flexibility index (Phi) is 6.44. The second-order valence-corrected chi connectivity index (χ2v) is 4.98. The average molecular weight is 250 g/mol. The molecular formula is C15H22O3. The van der Waals surface area contributed by atoms with Crippen LogP contribution in [-0.4, -0.2) is 17.2 Å². The van der Waals surface area contributed by atoms with Crippen molar-refractivity contribution in [2.75, 3.05) is 0 Å². The van der Waals surface area contributed by atoms with Gasteiger partial charge in [-0.1, -0.05) is 44.2 Å². The van der Waals surface area contributed by atoms with E-state index in [1.165, 1.54) is 0 Å². The van der Waals surface area contributed by atoms with Crippen molar-refractivity contribution in [3.05, 3.63) is 35.9 Å². The Labute approximate surface area is 109 Å². The molecule has 100 valence electrons. The van der Waals surface area contributed by atoms with Gasteiger partial charge in [0.15, 0.2) is 0 Å². The summed E-state index contributed by atoms with van der Waals surface area (Å²) in [6.07, 6.45) is 1.07. The van der Waals surface area contributed by atoms with E-state index in [2.05, 4.69) is 13.8 Å². The van der Waals surface area contributed by atoms with Crippen molar-refractivity contribution >= 4 is 5.97 Å². The summed E-state index contributed by atoms with van der Waals surface area (Å²) in [6, 6.07) is 9.53. The Morgan fingerprint density at radius 2 is 1.89 bits per heavy atom. The number of ether oxygens (including phenoxy) is 1. The van der Waals surface area contributed by atoms with Crippen molar-refractivity contribution in [1.82, 2.24) is 0 Å². The maximum Gasteiger partial charge on any atom is 0.308 e. The van der Waals surface area contributed by atoms with Gasteiger partial charge in [0.1, 0.15) is 6.61 Å². The molecule has 0 spiro atoms. The number of aliphatic hydroxyl groups excluding tert-OH is 1. The normalized spacial score (nSPS) is 12.4. The first-order chi connectivity index (χ1) is 8.58.